The second-order valence-electron chi connectivity index (χ2n) is 0.750. The van der Waals surface area contributed by atoms with Gasteiger partial charge in [0.25, 0.3) is 0 Å². The average molecular weight is 575 g/mol. The van der Waals surface area contributed by atoms with Crippen LogP contribution in [0.3, 0.4) is 0 Å². The molecule has 9 nitrogen and oxygen atoms in total. The van der Waals surface area contributed by atoms with E-state index in [4.69, 9.17) is 42.2 Å². The van der Waals surface area contributed by atoms with Crippen molar-refractivity contribution in [1.29, 1.82) is 0 Å². The fourth-order valence-corrected chi connectivity index (χ4v) is 0. The van der Waals surface area contributed by atoms with E-state index in [2.05, 4.69) is 0 Å². The van der Waals surface area contributed by atoms with Crippen LogP contribution in [-0.4, -0.2) is 168 Å². The summed E-state index contributed by atoms with van der Waals surface area (Å²) in [6.07, 6.45) is 0. The molecule has 0 aromatic carbocycles. The predicted molar refractivity (Wildman–Crippen MR) is 57.9 cm³/mol. The van der Waals surface area contributed by atoms with Crippen LogP contribution in [0.1, 0.15) is 0 Å². The second kappa shape index (κ2) is 42.7. The molecule has 17 heteroatoms. The van der Waals surface area contributed by atoms with Crippen molar-refractivity contribution < 1.29 is 42.2 Å². The molecule has 86 valence electrons. The zero-order valence-electron chi connectivity index (χ0n) is 6.33. The van der Waals surface area contributed by atoms with Crippen molar-refractivity contribution in [2.24, 2.45) is 0 Å². The van der Waals surface area contributed by atoms with Crippen LogP contribution in [0.2, 0.25) is 0 Å². The van der Waals surface area contributed by atoms with E-state index in [0.29, 0.717) is 0 Å². The first kappa shape index (κ1) is 50.1. The molecule has 0 saturated carbocycles. The number of hydrogen-bond donors (Lipinski definition) is 0. The first-order valence-corrected chi connectivity index (χ1v) is 5.51. The van der Waals surface area contributed by atoms with Crippen molar-refractivity contribution in [1.82, 2.24) is 0 Å². The van der Waals surface area contributed by atoms with Gasteiger partial charge in [-0.3, -0.25) is 0 Å². The van der Waals surface area contributed by atoms with Gasteiger partial charge in [0.15, 0.2) is 0 Å². The van der Waals surface area contributed by atoms with E-state index in [1.165, 1.54) is 0 Å². The molecule has 0 aliphatic carbocycles. The first-order valence-electron chi connectivity index (χ1n) is 1.84. The van der Waals surface area contributed by atoms with Crippen LogP contribution in [-0.2, 0) is 13.4 Å². The van der Waals surface area contributed by atoms with E-state index in [1.807, 2.05) is 0 Å². The van der Waals surface area contributed by atoms with Crippen LogP contribution in [0.5, 0.6) is 0 Å². The average Bonchev–Trinajstić information content (AvgIpc) is 1.54. The van der Waals surface area contributed by atoms with E-state index in [0.717, 1.165) is 0 Å². The van der Waals surface area contributed by atoms with Gasteiger partial charge in [-0.05, 0) is 0 Å². The van der Waals surface area contributed by atoms with Crippen molar-refractivity contribution in [3.63, 3.8) is 0 Å². The van der Waals surface area contributed by atoms with E-state index >= 15 is 0 Å². The van der Waals surface area contributed by atoms with Gasteiger partial charge in [0.2, 0.25) is 0 Å². The minimum atomic E-state index is -3.63. The summed E-state index contributed by atoms with van der Waals surface area (Å²) >= 11 is 0. The fraction of sp³-hybridized carbons (Fsp3) is 0. The first-order chi connectivity index (χ1) is 5.20. The molecule has 0 saturated heterocycles. The van der Waals surface area contributed by atoms with Crippen LogP contribution < -0.4 is 28.8 Å². The molecule has 0 spiro atoms. The minimum absolute atomic E-state index is 0. The summed E-state index contributed by atoms with van der Waals surface area (Å²) in [5.41, 5.74) is 0. The second-order valence-corrected chi connectivity index (χ2v) is 2.25. The van der Waals surface area contributed by atoms with Gasteiger partial charge >= 0.3 is 132 Å². The molecule has 0 heterocycles. The molecular formula is H7Al2BBa2O9Si3. The van der Waals surface area contributed by atoms with Crippen LogP contribution in [0, 0.1) is 0 Å². The Morgan fingerprint density at radius 1 is 0.529 bits per heavy atom. The SMILES string of the molecule is B.O=[Si]([O-])[O-].O=[Si]([O-])[O-].O=[Si]([O-])[O-].[Al+3].[Al+3].[BaH2].[BaH2]. The van der Waals surface area contributed by atoms with Gasteiger partial charge in [-0.2, -0.15) is 0 Å². The van der Waals surface area contributed by atoms with Crippen molar-refractivity contribution in [3.05, 3.63) is 0 Å². The zero-order valence-corrected chi connectivity index (χ0v) is 11.6. The van der Waals surface area contributed by atoms with Crippen LogP contribution >= 0.6 is 0 Å². The maximum atomic E-state index is 8.52. The summed E-state index contributed by atoms with van der Waals surface area (Å²) in [7, 11) is -10.9. The van der Waals surface area contributed by atoms with Gasteiger partial charge in [-0.15, -0.1) is 0 Å². The molecule has 0 unspecified atom stereocenters. The van der Waals surface area contributed by atoms with E-state index in [1.54, 1.807) is 0 Å². The Kier molecular flexibility index (Phi) is 126. The molecule has 0 fully saturated rings. The molecule has 0 aromatic heterocycles. The molecule has 0 amide bonds. The monoisotopic (exact) mass is 576 g/mol. The van der Waals surface area contributed by atoms with Gasteiger partial charge < -0.3 is 42.2 Å². The molecule has 0 aliphatic heterocycles. The maximum absolute atomic E-state index is 8.52. The van der Waals surface area contributed by atoms with Crippen LogP contribution in [0.4, 0.5) is 0 Å². The van der Waals surface area contributed by atoms with Gasteiger partial charge in [-0.1, -0.05) is 0 Å². The molecule has 0 N–H and O–H groups in total. The van der Waals surface area contributed by atoms with E-state index in [-0.39, 0.29) is 141 Å². The standard InChI is InChI=1S/2Al.BH3.2Ba.3O3Si.4H/c;;;;;3*1-4(2)3;;;;/h;;1H3;;;;;;;;;/q2*+3;;;;3*-2;;;;. The molecule has 0 rings (SSSR count). The van der Waals surface area contributed by atoms with Gasteiger partial charge in [0.05, 0.1) is 8.41 Å². The Labute approximate surface area is 206 Å². The van der Waals surface area contributed by atoms with Crippen molar-refractivity contribution >= 4 is 168 Å². The summed E-state index contributed by atoms with van der Waals surface area (Å²) in [4.78, 5) is 51.1. The summed E-state index contributed by atoms with van der Waals surface area (Å²) < 4.78 is 25.6. The molecular weight excluding hydrogens is 568 g/mol. The summed E-state index contributed by atoms with van der Waals surface area (Å²) in [5.74, 6) is 0. The number of hydrogen-bond acceptors (Lipinski definition) is 9. The Hall–Kier alpha value is 3.12. The molecule has 0 bridgehead atoms. The molecule has 0 radical (unpaired) electrons. The van der Waals surface area contributed by atoms with Gasteiger partial charge in [-0.25, -0.2) is 0 Å². The third-order valence-electron chi connectivity index (χ3n) is 0. The predicted octanol–water partition coefficient (Wildman–Crippen LogP) is -12.4. The number of rotatable bonds is 0. The molecule has 17 heavy (non-hydrogen) atoms. The van der Waals surface area contributed by atoms with Crippen molar-refractivity contribution in [3.8, 4) is 0 Å². The zero-order chi connectivity index (χ0) is 10.7. The summed E-state index contributed by atoms with van der Waals surface area (Å²) in [5, 5.41) is 0. The van der Waals surface area contributed by atoms with Gasteiger partial charge in [0, 0.05) is 27.5 Å². The van der Waals surface area contributed by atoms with Crippen LogP contribution in [0.15, 0.2) is 0 Å². The van der Waals surface area contributed by atoms with E-state index < -0.39 is 27.5 Å². The van der Waals surface area contributed by atoms with E-state index in [9.17, 15) is 0 Å². The van der Waals surface area contributed by atoms with Gasteiger partial charge in [0.1, 0.15) is 0 Å². The Morgan fingerprint density at radius 2 is 0.529 bits per heavy atom. The third kappa shape index (κ3) is 575. The quantitative estimate of drug-likeness (QED) is 0.253. The topological polar surface area (TPSA) is 190 Å². The van der Waals surface area contributed by atoms with Crippen molar-refractivity contribution in [2.45, 2.75) is 0 Å². The van der Waals surface area contributed by atoms with Crippen LogP contribution in [0.25, 0.3) is 0 Å². The Morgan fingerprint density at radius 3 is 0.529 bits per heavy atom. The summed E-state index contributed by atoms with van der Waals surface area (Å²) in [6, 6.07) is 0. The Balaban J connectivity index is -0.0000000104. The molecule has 0 aliphatic rings. The third-order valence-corrected chi connectivity index (χ3v) is 0. The normalized spacial score (nSPS) is 4.24. The van der Waals surface area contributed by atoms with Crippen molar-refractivity contribution in [2.75, 3.05) is 0 Å². The molecule has 0 aromatic rings. The fourth-order valence-electron chi connectivity index (χ4n) is 0. The Bertz CT molecular complexity index is 130. The summed E-state index contributed by atoms with van der Waals surface area (Å²) in [6.45, 7) is 0. The molecule has 0 atom stereocenters.